The normalized spacial score (nSPS) is 11.4. The number of nitrogens with two attached hydrogens (primary N) is 1. The van der Waals surface area contributed by atoms with E-state index in [1.54, 1.807) is 50.8 Å². The van der Waals surface area contributed by atoms with Crippen molar-refractivity contribution in [3.63, 3.8) is 0 Å². The van der Waals surface area contributed by atoms with Gasteiger partial charge in [0.2, 0.25) is 10.0 Å². The van der Waals surface area contributed by atoms with Gasteiger partial charge >= 0.3 is 0 Å². The molecule has 0 aliphatic carbocycles. The fraction of sp³-hybridized carbons (Fsp3) is 0.133. The van der Waals surface area contributed by atoms with Gasteiger partial charge in [-0.1, -0.05) is 0 Å². The Hall–Kier alpha value is -2.58. The number of rotatable bonds is 6. The molecule has 0 aromatic heterocycles. The van der Waals surface area contributed by atoms with E-state index in [1.807, 2.05) is 0 Å². The van der Waals surface area contributed by atoms with Crippen molar-refractivity contribution in [3.8, 4) is 11.5 Å². The summed E-state index contributed by atoms with van der Waals surface area (Å²) < 4.78 is 32.8. The van der Waals surface area contributed by atoms with Crippen LogP contribution in [0.3, 0.4) is 0 Å². The van der Waals surface area contributed by atoms with Gasteiger partial charge in [0, 0.05) is 5.56 Å². The number of nitrogens with zero attached hydrogens (tertiary/aromatic N) is 1. The van der Waals surface area contributed by atoms with E-state index in [0.717, 1.165) is 5.56 Å². The number of benzene rings is 2. The number of sulfonamides is 1. The standard InChI is InChI=1S/C15H17N3O4S/c1-21-13-5-8-15(22-2)11(9-13)10-17-18-12-3-6-14(7-4-12)23(16,19)20/h3-10,18H,1-2H3,(H2,16,19,20). The number of nitrogens with one attached hydrogen (secondary N) is 1. The first-order valence-corrected chi connectivity index (χ1v) is 8.12. The number of hydrazone groups is 1. The first-order chi connectivity index (χ1) is 10.9. The lowest BCUT2D eigenvalue weighted by Crippen LogP contribution is -2.11. The third kappa shape index (κ3) is 4.44. The van der Waals surface area contributed by atoms with Gasteiger partial charge in [-0.15, -0.1) is 0 Å². The highest BCUT2D eigenvalue weighted by atomic mass is 32.2. The Morgan fingerprint density at radius 3 is 2.35 bits per heavy atom. The van der Waals surface area contributed by atoms with E-state index in [4.69, 9.17) is 14.6 Å². The second-order valence-corrected chi connectivity index (χ2v) is 6.11. The number of primary sulfonamides is 1. The molecule has 0 atom stereocenters. The number of methoxy groups -OCH3 is 2. The Kier molecular flexibility index (Phi) is 5.20. The van der Waals surface area contributed by atoms with Crippen molar-refractivity contribution >= 4 is 21.9 Å². The van der Waals surface area contributed by atoms with Crippen LogP contribution in [0.5, 0.6) is 11.5 Å². The molecule has 2 rings (SSSR count). The predicted molar refractivity (Wildman–Crippen MR) is 88.6 cm³/mol. The summed E-state index contributed by atoms with van der Waals surface area (Å²) in [4.78, 5) is 0.0431. The highest BCUT2D eigenvalue weighted by Gasteiger charge is 2.06. The van der Waals surface area contributed by atoms with Crippen LogP contribution in [0.2, 0.25) is 0 Å². The van der Waals surface area contributed by atoms with E-state index < -0.39 is 10.0 Å². The van der Waals surface area contributed by atoms with E-state index >= 15 is 0 Å². The maximum atomic E-state index is 11.2. The van der Waals surface area contributed by atoms with Crippen LogP contribution < -0.4 is 20.0 Å². The van der Waals surface area contributed by atoms with Gasteiger partial charge < -0.3 is 9.47 Å². The maximum absolute atomic E-state index is 11.2. The summed E-state index contributed by atoms with van der Waals surface area (Å²) in [5.41, 5.74) is 4.16. The predicted octanol–water partition coefficient (Wildman–Crippen LogP) is 1.80. The van der Waals surface area contributed by atoms with Gasteiger partial charge in [-0.05, 0) is 42.5 Å². The van der Waals surface area contributed by atoms with E-state index in [0.29, 0.717) is 17.2 Å². The van der Waals surface area contributed by atoms with Crippen LogP contribution in [0.1, 0.15) is 5.56 Å². The SMILES string of the molecule is COc1ccc(OC)c(C=NNc2ccc(S(N)(=O)=O)cc2)c1. The Morgan fingerprint density at radius 1 is 1.09 bits per heavy atom. The van der Waals surface area contributed by atoms with Gasteiger partial charge in [0.25, 0.3) is 0 Å². The molecule has 3 N–H and O–H groups in total. The zero-order valence-corrected chi connectivity index (χ0v) is 13.5. The van der Waals surface area contributed by atoms with Crippen LogP contribution in [0.25, 0.3) is 0 Å². The Morgan fingerprint density at radius 2 is 1.78 bits per heavy atom. The molecule has 0 amide bonds. The van der Waals surface area contributed by atoms with Gasteiger partial charge in [0.15, 0.2) is 0 Å². The summed E-state index contributed by atoms with van der Waals surface area (Å²) in [5.74, 6) is 1.34. The van der Waals surface area contributed by atoms with E-state index in [9.17, 15) is 8.42 Å². The second kappa shape index (κ2) is 7.12. The lowest BCUT2D eigenvalue weighted by Gasteiger charge is -2.07. The summed E-state index contributed by atoms with van der Waals surface area (Å²) in [6, 6.07) is 11.3. The molecule has 0 radical (unpaired) electrons. The van der Waals surface area contributed by atoms with Crippen molar-refractivity contribution in [2.24, 2.45) is 10.2 Å². The van der Waals surface area contributed by atoms with Gasteiger partial charge in [0.1, 0.15) is 11.5 Å². The minimum Gasteiger partial charge on any atom is -0.497 e. The third-order valence-corrected chi connectivity index (χ3v) is 3.95. The highest BCUT2D eigenvalue weighted by molar-refractivity contribution is 7.89. The molecule has 7 nitrogen and oxygen atoms in total. The largest absolute Gasteiger partial charge is 0.497 e. The monoisotopic (exact) mass is 335 g/mol. The summed E-state index contributed by atoms with van der Waals surface area (Å²) in [5, 5.41) is 9.14. The molecule has 0 unspecified atom stereocenters. The Labute approximate surface area is 134 Å². The minimum absolute atomic E-state index is 0.0431. The second-order valence-electron chi connectivity index (χ2n) is 4.55. The molecule has 122 valence electrons. The smallest absolute Gasteiger partial charge is 0.238 e. The summed E-state index contributed by atoms with van der Waals surface area (Å²) in [6.07, 6.45) is 1.58. The first-order valence-electron chi connectivity index (χ1n) is 6.58. The zero-order chi connectivity index (χ0) is 16.9. The minimum atomic E-state index is -3.70. The lowest BCUT2D eigenvalue weighted by atomic mass is 10.2. The molecule has 0 fully saturated rings. The Balaban J connectivity index is 2.13. The van der Waals surface area contributed by atoms with Gasteiger partial charge in [-0.2, -0.15) is 5.10 Å². The van der Waals surface area contributed by atoms with Crippen LogP contribution in [-0.4, -0.2) is 28.9 Å². The number of anilines is 1. The van der Waals surface area contributed by atoms with Crippen LogP contribution in [0, 0.1) is 0 Å². The number of ether oxygens (including phenoxy) is 2. The summed E-state index contributed by atoms with van der Waals surface area (Å²) in [6.45, 7) is 0. The van der Waals surface area contributed by atoms with Crippen molar-refractivity contribution < 1.29 is 17.9 Å². The van der Waals surface area contributed by atoms with Crippen LogP contribution >= 0.6 is 0 Å². The van der Waals surface area contributed by atoms with E-state index in [1.165, 1.54) is 12.1 Å². The molecular formula is C15H17N3O4S. The fourth-order valence-electron chi connectivity index (χ4n) is 1.84. The molecule has 2 aromatic rings. The first kappa shape index (κ1) is 16.8. The van der Waals surface area contributed by atoms with Crippen molar-refractivity contribution in [2.75, 3.05) is 19.6 Å². The topological polar surface area (TPSA) is 103 Å². The average Bonchev–Trinajstić information content (AvgIpc) is 2.54. The summed E-state index contributed by atoms with van der Waals surface area (Å²) >= 11 is 0. The molecule has 0 saturated heterocycles. The Bertz CT molecular complexity index is 802. The van der Waals surface area contributed by atoms with Crippen LogP contribution in [-0.2, 0) is 10.0 Å². The quantitative estimate of drug-likeness (QED) is 0.619. The average molecular weight is 335 g/mol. The van der Waals surface area contributed by atoms with Crippen molar-refractivity contribution in [3.05, 3.63) is 48.0 Å². The van der Waals surface area contributed by atoms with Crippen molar-refractivity contribution in [1.29, 1.82) is 0 Å². The molecule has 23 heavy (non-hydrogen) atoms. The molecule has 0 bridgehead atoms. The van der Waals surface area contributed by atoms with Crippen molar-refractivity contribution in [1.82, 2.24) is 0 Å². The molecule has 0 aliphatic rings. The van der Waals surface area contributed by atoms with Gasteiger partial charge in [-0.25, -0.2) is 13.6 Å². The molecular weight excluding hydrogens is 318 g/mol. The fourth-order valence-corrected chi connectivity index (χ4v) is 2.35. The molecule has 0 heterocycles. The molecule has 0 saturated carbocycles. The third-order valence-electron chi connectivity index (χ3n) is 3.02. The molecule has 2 aromatic carbocycles. The summed E-state index contributed by atoms with van der Waals surface area (Å²) in [7, 11) is -0.551. The van der Waals surface area contributed by atoms with Crippen LogP contribution in [0.15, 0.2) is 52.5 Å². The maximum Gasteiger partial charge on any atom is 0.238 e. The van der Waals surface area contributed by atoms with Crippen molar-refractivity contribution in [2.45, 2.75) is 4.90 Å². The van der Waals surface area contributed by atoms with Gasteiger partial charge in [0.05, 0.1) is 31.0 Å². The highest BCUT2D eigenvalue weighted by Crippen LogP contribution is 2.22. The molecule has 0 spiro atoms. The zero-order valence-electron chi connectivity index (χ0n) is 12.7. The molecule has 0 aliphatic heterocycles. The lowest BCUT2D eigenvalue weighted by molar-refractivity contribution is 0.402. The molecule has 8 heteroatoms. The van der Waals surface area contributed by atoms with E-state index in [-0.39, 0.29) is 4.90 Å². The number of hydrogen-bond acceptors (Lipinski definition) is 6. The van der Waals surface area contributed by atoms with E-state index in [2.05, 4.69) is 10.5 Å². The number of hydrogen-bond donors (Lipinski definition) is 2. The van der Waals surface area contributed by atoms with Crippen LogP contribution in [0.4, 0.5) is 5.69 Å². The van der Waals surface area contributed by atoms with Gasteiger partial charge in [-0.3, -0.25) is 5.43 Å².